The van der Waals surface area contributed by atoms with Crippen molar-refractivity contribution in [3.63, 3.8) is 0 Å². The summed E-state index contributed by atoms with van der Waals surface area (Å²) >= 11 is 6.07. The molecule has 0 aliphatic rings. The molecule has 0 radical (unpaired) electrons. The van der Waals surface area contributed by atoms with Gasteiger partial charge in [-0.25, -0.2) is 4.79 Å². The number of halogens is 1. The van der Waals surface area contributed by atoms with Gasteiger partial charge in [-0.2, -0.15) is 0 Å². The molecule has 0 unspecified atom stereocenters. The molecule has 0 saturated carbocycles. The molecule has 0 bridgehead atoms. The molecule has 0 saturated heterocycles. The summed E-state index contributed by atoms with van der Waals surface area (Å²) in [5, 5.41) is 13.0. The van der Waals surface area contributed by atoms with E-state index in [4.69, 9.17) is 21.4 Å². The van der Waals surface area contributed by atoms with Gasteiger partial charge in [0, 0.05) is 22.8 Å². The van der Waals surface area contributed by atoms with Crippen molar-refractivity contribution in [1.82, 2.24) is 0 Å². The summed E-state index contributed by atoms with van der Waals surface area (Å²) in [6.07, 6.45) is 0.936. The Morgan fingerprint density at radius 2 is 2.04 bits per heavy atom. The van der Waals surface area contributed by atoms with Gasteiger partial charge < -0.3 is 15.2 Å². The van der Waals surface area contributed by atoms with Crippen LogP contribution < -0.4 is 10.1 Å². The highest BCUT2D eigenvalue weighted by atomic mass is 35.5. The van der Waals surface area contributed by atoms with Crippen LogP contribution in [0.15, 0.2) is 36.4 Å². The van der Waals surface area contributed by atoms with E-state index in [0.29, 0.717) is 18.2 Å². The molecule has 4 nitrogen and oxygen atoms in total. The van der Waals surface area contributed by atoms with Gasteiger partial charge in [0.05, 0.1) is 12.2 Å². The normalized spacial score (nSPS) is 10.4. The van der Waals surface area contributed by atoms with E-state index in [0.717, 1.165) is 29.0 Å². The van der Waals surface area contributed by atoms with Gasteiger partial charge in [-0.3, -0.25) is 0 Å². The molecule has 0 fully saturated rings. The number of aromatic carboxylic acids is 1. The Labute approximate surface area is 141 Å². The Balaban J connectivity index is 2.14. The van der Waals surface area contributed by atoms with Crippen LogP contribution in [0, 0.1) is 6.92 Å². The minimum Gasteiger partial charge on any atom is -0.493 e. The Kier molecular flexibility index (Phi) is 5.88. The Hall–Kier alpha value is -2.20. The Morgan fingerprint density at radius 3 is 2.70 bits per heavy atom. The Morgan fingerprint density at radius 1 is 1.26 bits per heavy atom. The number of carboxylic acids is 1. The molecule has 0 aliphatic carbocycles. The molecule has 0 atom stereocenters. The molecule has 2 aromatic carbocycles. The second-order valence-electron chi connectivity index (χ2n) is 5.29. The predicted molar refractivity (Wildman–Crippen MR) is 92.7 cm³/mol. The number of aryl methyl sites for hydroxylation is 1. The van der Waals surface area contributed by atoms with Crippen molar-refractivity contribution in [2.24, 2.45) is 0 Å². The maximum Gasteiger partial charge on any atom is 0.335 e. The highest BCUT2D eigenvalue weighted by molar-refractivity contribution is 6.30. The quantitative estimate of drug-likeness (QED) is 0.767. The second kappa shape index (κ2) is 7.88. The van der Waals surface area contributed by atoms with E-state index in [9.17, 15) is 4.79 Å². The van der Waals surface area contributed by atoms with E-state index in [1.807, 2.05) is 25.1 Å². The van der Waals surface area contributed by atoms with Crippen LogP contribution in [0.5, 0.6) is 5.75 Å². The summed E-state index contributed by atoms with van der Waals surface area (Å²) in [4.78, 5) is 11.0. The van der Waals surface area contributed by atoms with Crippen molar-refractivity contribution in [1.29, 1.82) is 0 Å². The topological polar surface area (TPSA) is 58.6 Å². The van der Waals surface area contributed by atoms with Crippen LogP contribution in [-0.2, 0) is 6.54 Å². The summed E-state index contributed by atoms with van der Waals surface area (Å²) < 4.78 is 5.73. The second-order valence-corrected chi connectivity index (χ2v) is 5.73. The summed E-state index contributed by atoms with van der Waals surface area (Å²) in [6.45, 7) is 5.14. The summed E-state index contributed by atoms with van der Waals surface area (Å²) in [6, 6.07) is 10.6. The molecular weight excluding hydrogens is 314 g/mol. The zero-order valence-corrected chi connectivity index (χ0v) is 14.0. The number of nitrogens with one attached hydrogen (secondary N) is 1. The highest BCUT2D eigenvalue weighted by Crippen LogP contribution is 2.25. The Bertz CT molecular complexity index is 701. The van der Waals surface area contributed by atoms with Crippen molar-refractivity contribution in [3.05, 3.63) is 58.1 Å². The monoisotopic (exact) mass is 333 g/mol. The van der Waals surface area contributed by atoms with Gasteiger partial charge in [-0.15, -0.1) is 0 Å². The van der Waals surface area contributed by atoms with Crippen molar-refractivity contribution in [2.45, 2.75) is 26.8 Å². The molecule has 0 heterocycles. The number of anilines is 1. The minimum atomic E-state index is -0.926. The van der Waals surface area contributed by atoms with Gasteiger partial charge in [0.25, 0.3) is 0 Å². The number of rotatable bonds is 7. The van der Waals surface area contributed by atoms with E-state index in [2.05, 4.69) is 12.2 Å². The van der Waals surface area contributed by atoms with E-state index in [-0.39, 0.29) is 5.56 Å². The van der Waals surface area contributed by atoms with Gasteiger partial charge >= 0.3 is 5.97 Å². The van der Waals surface area contributed by atoms with Crippen molar-refractivity contribution in [3.8, 4) is 5.75 Å². The third-order valence-corrected chi connectivity index (χ3v) is 3.66. The average Bonchev–Trinajstić information content (AvgIpc) is 2.52. The highest BCUT2D eigenvalue weighted by Gasteiger charge is 2.08. The number of hydrogen-bond acceptors (Lipinski definition) is 3. The summed E-state index contributed by atoms with van der Waals surface area (Å²) in [7, 11) is 0. The maximum absolute atomic E-state index is 11.0. The molecule has 0 amide bonds. The van der Waals surface area contributed by atoms with Crippen LogP contribution in [0.25, 0.3) is 0 Å². The number of carbonyl (C=O) groups is 1. The van der Waals surface area contributed by atoms with E-state index in [1.165, 1.54) is 0 Å². The van der Waals surface area contributed by atoms with Gasteiger partial charge in [0.15, 0.2) is 0 Å². The number of benzene rings is 2. The average molecular weight is 334 g/mol. The number of carboxylic acid groups (broad SMARTS) is 1. The van der Waals surface area contributed by atoms with E-state index >= 15 is 0 Å². The first kappa shape index (κ1) is 17.2. The van der Waals surface area contributed by atoms with Crippen molar-refractivity contribution in [2.75, 3.05) is 11.9 Å². The lowest BCUT2D eigenvalue weighted by atomic mass is 10.1. The smallest absolute Gasteiger partial charge is 0.335 e. The molecule has 0 spiro atoms. The molecule has 5 heteroatoms. The summed E-state index contributed by atoms with van der Waals surface area (Å²) in [5.74, 6) is -0.117. The van der Waals surface area contributed by atoms with Crippen LogP contribution in [0.4, 0.5) is 5.69 Å². The first-order chi connectivity index (χ1) is 11.0. The predicted octanol–water partition coefficient (Wildman–Crippen LogP) is 4.75. The van der Waals surface area contributed by atoms with Crippen molar-refractivity contribution >= 4 is 23.3 Å². The van der Waals surface area contributed by atoms with Crippen LogP contribution in [-0.4, -0.2) is 17.7 Å². The molecule has 2 aromatic rings. The van der Waals surface area contributed by atoms with Crippen LogP contribution in [0.3, 0.4) is 0 Å². The fraction of sp³-hybridized carbons (Fsp3) is 0.278. The van der Waals surface area contributed by atoms with Gasteiger partial charge in [0.2, 0.25) is 0 Å². The lowest BCUT2D eigenvalue weighted by Gasteiger charge is -2.14. The molecule has 122 valence electrons. The molecule has 0 aliphatic heterocycles. The van der Waals surface area contributed by atoms with Crippen molar-refractivity contribution < 1.29 is 14.6 Å². The van der Waals surface area contributed by atoms with E-state index < -0.39 is 5.97 Å². The molecular formula is C18H20ClNO3. The number of ether oxygens (including phenoxy) is 1. The van der Waals surface area contributed by atoms with Crippen LogP contribution in [0.1, 0.15) is 34.8 Å². The van der Waals surface area contributed by atoms with Gasteiger partial charge in [-0.1, -0.05) is 18.5 Å². The molecule has 2 rings (SSSR count). The van der Waals surface area contributed by atoms with Crippen LogP contribution in [0.2, 0.25) is 5.02 Å². The molecule has 2 N–H and O–H groups in total. The molecule has 0 aromatic heterocycles. The first-order valence-electron chi connectivity index (χ1n) is 7.50. The van der Waals surface area contributed by atoms with Gasteiger partial charge in [0.1, 0.15) is 5.75 Å². The van der Waals surface area contributed by atoms with Crippen LogP contribution >= 0.6 is 11.6 Å². The summed E-state index contributed by atoms with van der Waals surface area (Å²) in [5.41, 5.74) is 3.01. The third kappa shape index (κ3) is 4.63. The fourth-order valence-corrected chi connectivity index (χ4v) is 2.42. The lowest BCUT2D eigenvalue weighted by molar-refractivity contribution is 0.0697. The number of hydrogen-bond donors (Lipinski definition) is 2. The zero-order chi connectivity index (χ0) is 16.8. The molecule has 23 heavy (non-hydrogen) atoms. The zero-order valence-electron chi connectivity index (χ0n) is 13.2. The third-order valence-electron chi connectivity index (χ3n) is 3.43. The largest absolute Gasteiger partial charge is 0.493 e. The van der Waals surface area contributed by atoms with E-state index in [1.54, 1.807) is 18.2 Å². The minimum absolute atomic E-state index is 0.280. The standard InChI is InChI=1S/C18H20ClNO3/c1-3-8-23-17-7-5-15(19)10-14(17)11-20-16-6-4-13(18(21)22)9-12(16)2/h4-7,9-10,20H,3,8,11H2,1-2H3,(H,21,22). The first-order valence-corrected chi connectivity index (χ1v) is 7.88. The maximum atomic E-state index is 11.0. The lowest BCUT2D eigenvalue weighted by Crippen LogP contribution is -2.06. The SMILES string of the molecule is CCCOc1ccc(Cl)cc1CNc1ccc(C(=O)O)cc1C. The van der Waals surface area contributed by atoms with Gasteiger partial charge in [-0.05, 0) is 55.3 Å². The fourth-order valence-electron chi connectivity index (χ4n) is 2.22.